The van der Waals surface area contributed by atoms with Gasteiger partial charge in [0.05, 0.1) is 11.0 Å². The number of nitro groups is 1. The van der Waals surface area contributed by atoms with Gasteiger partial charge in [0, 0.05) is 28.8 Å². The first kappa shape index (κ1) is 14.4. The third kappa shape index (κ3) is 3.52. The summed E-state index contributed by atoms with van der Waals surface area (Å²) < 4.78 is 6.06. The van der Waals surface area contributed by atoms with Crippen LogP contribution in [0, 0.1) is 10.1 Å². The van der Waals surface area contributed by atoms with Crippen molar-refractivity contribution >= 4 is 21.6 Å². The van der Waals surface area contributed by atoms with Crippen molar-refractivity contribution in [2.75, 3.05) is 0 Å². The van der Waals surface area contributed by atoms with Gasteiger partial charge in [-0.2, -0.15) is 0 Å². The molecule has 0 saturated heterocycles. The molecule has 0 unspecified atom stereocenters. The molecule has 0 aliphatic carbocycles. The van der Waals surface area contributed by atoms with Crippen LogP contribution in [0.15, 0.2) is 41.0 Å². The van der Waals surface area contributed by atoms with Gasteiger partial charge in [0.15, 0.2) is 0 Å². The van der Waals surface area contributed by atoms with Gasteiger partial charge in [0.2, 0.25) is 5.88 Å². The summed E-state index contributed by atoms with van der Waals surface area (Å²) in [5.41, 5.74) is 6.56. The van der Waals surface area contributed by atoms with E-state index in [9.17, 15) is 10.1 Å². The van der Waals surface area contributed by atoms with E-state index < -0.39 is 4.92 Å². The van der Waals surface area contributed by atoms with Gasteiger partial charge in [0.1, 0.15) is 5.75 Å². The van der Waals surface area contributed by atoms with Gasteiger partial charge in [-0.3, -0.25) is 10.1 Å². The summed E-state index contributed by atoms with van der Waals surface area (Å²) in [7, 11) is 0. The first-order valence-corrected chi connectivity index (χ1v) is 6.59. The maximum atomic E-state index is 10.8. The number of nitro benzene ring substituents is 1. The minimum absolute atomic E-state index is 0.0541. The van der Waals surface area contributed by atoms with Gasteiger partial charge < -0.3 is 10.5 Å². The Kier molecular flexibility index (Phi) is 4.31. The molecule has 0 aliphatic rings. The Bertz CT molecular complexity index is 629. The molecule has 0 radical (unpaired) electrons. The van der Waals surface area contributed by atoms with Crippen LogP contribution in [0.5, 0.6) is 11.6 Å². The van der Waals surface area contributed by atoms with Gasteiger partial charge >= 0.3 is 0 Å². The molecule has 1 aromatic carbocycles. The monoisotopic (exact) mass is 337 g/mol. The second-order valence-corrected chi connectivity index (χ2v) is 5.14. The van der Waals surface area contributed by atoms with Crippen molar-refractivity contribution in [3.05, 3.63) is 56.7 Å². The SMILES string of the molecule is C[C@H](N)c1ccc(Oc2cc(Br)cc([N+](=O)[O-])c2)nc1. The van der Waals surface area contributed by atoms with Crippen molar-refractivity contribution in [2.45, 2.75) is 13.0 Å². The summed E-state index contributed by atoms with van der Waals surface area (Å²) in [6.07, 6.45) is 1.62. The van der Waals surface area contributed by atoms with E-state index in [-0.39, 0.29) is 11.7 Å². The van der Waals surface area contributed by atoms with Crippen LogP contribution in [-0.4, -0.2) is 9.91 Å². The lowest BCUT2D eigenvalue weighted by Gasteiger charge is -2.08. The van der Waals surface area contributed by atoms with Gasteiger partial charge in [-0.1, -0.05) is 22.0 Å². The standard InChI is InChI=1S/C13H12BrN3O3/c1-8(15)9-2-3-13(16-7-9)20-12-5-10(14)4-11(6-12)17(18)19/h2-8H,15H2,1H3/t8-/m0/s1. The molecule has 6 nitrogen and oxygen atoms in total. The predicted octanol–water partition coefficient (Wildman–Crippen LogP) is 3.56. The molecule has 2 rings (SSSR count). The number of non-ortho nitro benzene ring substituents is 1. The van der Waals surface area contributed by atoms with Crippen LogP contribution in [0.25, 0.3) is 0 Å². The highest BCUT2D eigenvalue weighted by atomic mass is 79.9. The fraction of sp³-hybridized carbons (Fsp3) is 0.154. The van der Waals surface area contributed by atoms with E-state index in [2.05, 4.69) is 20.9 Å². The predicted molar refractivity (Wildman–Crippen MR) is 77.7 cm³/mol. The highest BCUT2D eigenvalue weighted by Crippen LogP contribution is 2.29. The fourth-order valence-electron chi connectivity index (χ4n) is 1.55. The molecule has 2 N–H and O–H groups in total. The summed E-state index contributed by atoms with van der Waals surface area (Å²) in [5, 5.41) is 10.8. The molecule has 1 aromatic heterocycles. The second-order valence-electron chi connectivity index (χ2n) is 4.22. The van der Waals surface area contributed by atoms with Gasteiger partial charge in [0.25, 0.3) is 5.69 Å². The molecule has 1 heterocycles. The minimum atomic E-state index is -0.482. The molecule has 2 aromatic rings. The minimum Gasteiger partial charge on any atom is -0.439 e. The average molecular weight is 338 g/mol. The van der Waals surface area contributed by atoms with Crippen LogP contribution in [0.3, 0.4) is 0 Å². The van der Waals surface area contributed by atoms with Crippen LogP contribution in [-0.2, 0) is 0 Å². The number of hydrogen-bond donors (Lipinski definition) is 1. The van der Waals surface area contributed by atoms with E-state index in [0.29, 0.717) is 16.1 Å². The smallest absolute Gasteiger partial charge is 0.274 e. The average Bonchev–Trinajstić information content (AvgIpc) is 2.38. The molecule has 0 saturated carbocycles. The lowest BCUT2D eigenvalue weighted by Crippen LogP contribution is -2.05. The van der Waals surface area contributed by atoms with Crippen molar-refractivity contribution in [2.24, 2.45) is 5.73 Å². The van der Waals surface area contributed by atoms with E-state index >= 15 is 0 Å². The molecule has 0 amide bonds. The number of nitrogens with two attached hydrogens (primary N) is 1. The highest BCUT2D eigenvalue weighted by Gasteiger charge is 2.10. The number of pyridine rings is 1. The van der Waals surface area contributed by atoms with E-state index in [4.69, 9.17) is 10.5 Å². The lowest BCUT2D eigenvalue weighted by atomic mass is 10.2. The zero-order valence-corrected chi connectivity index (χ0v) is 12.2. The second kappa shape index (κ2) is 5.98. The number of benzene rings is 1. The number of halogens is 1. The molecule has 0 bridgehead atoms. The van der Waals surface area contributed by atoms with E-state index in [1.54, 1.807) is 24.4 Å². The highest BCUT2D eigenvalue weighted by molar-refractivity contribution is 9.10. The Morgan fingerprint density at radius 3 is 2.70 bits per heavy atom. The van der Waals surface area contributed by atoms with Crippen molar-refractivity contribution in [1.82, 2.24) is 4.98 Å². The van der Waals surface area contributed by atoms with Crippen LogP contribution < -0.4 is 10.5 Å². The Labute approximate surface area is 123 Å². The zero-order chi connectivity index (χ0) is 14.7. The molecule has 0 aliphatic heterocycles. The number of rotatable bonds is 4. The van der Waals surface area contributed by atoms with Crippen molar-refractivity contribution in [1.29, 1.82) is 0 Å². The van der Waals surface area contributed by atoms with E-state index in [0.717, 1.165) is 5.56 Å². The van der Waals surface area contributed by atoms with E-state index in [1.807, 2.05) is 6.92 Å². The molecular weight excluding hydrogens is 326 g/mol. The Hall–Kier alpha value is -1.99. The molecule has 20 heavy (non-hydrogen) atoms. The molecule has 104 valence electrons. The third-order valence-corrected chi connectivity index (χ3v) is 3.03. The Balaban J connectivity index is 2.23. The molecule has 1 atom stereocenters. The summed E-state index contributed by atoms with van der Waals surface area (Å²) in [4.78, 5) is 14.4. The summed E-state index contributed by atoms with van der Waals surface area (Å²) in [5.74, 6) is 0.689. The van der Waals surface area contributed by atoms with Gasteiger partial charge in [-0.25, -0.2) is 4.98 Å². The van der Waals surface area contributed by atoms with Crippen LogP contribution in [0.2, 0.25) is 0 Å². The fourth-order valence-corrected chi connectivity index (χ4v) is 2.01. The molecule has 0 spiro atoms. The van der Waals surface area contributed by atoms with E-state index in [1.165, 1.54) is 12.1 Å². The number of nitrogens with zero attached hydrogens (tertiary/aromatic N) is 2. The third-order valence-electron chi connectivity index (χ3n) is 2.57. The lowest BCUT2D eigenvalue weighted by molar-refractivity contribution is -0.385. The van der Waals surface area contributed by atoms with Gasteiger partial charge in [-0.15, -0.1) is 0 Å². The maximum Gasteiger partial charge on any atom is 0.274 e. The quantitative estimate of drug-likeness (QED) is 0.680. The van der Waals surface area contributed by atoms with Gasteiger partial charge in [-0.05, 0) is 18.6 Å². The van der Waals surface area contributed by atoms with Crippen LogP contribution >= 0.6 is 15.9 Å². The normalized spacial score (nSPS) is 11.9. The van der Waals surface area contributed by atoms with Crippen molar-refractivity contribution < 1.29 is 9.66 Å². The number of hydrogen-bond acceptors (Lipinski definition) is 5. The Morgan fingerprint density at radius 1 is 1.40 bits per heavy atom. The van der Waals surface area contributed by atoms with Crippen molar-refractivity contribution in [3.63, 3.8) is 0 Å². The molecular formula is C13H12BrN3O3. The molecule has 0 fully saturated rings. The zero-order valence-electron chi connectivity index (χ0n) is 10.6. The topological polar surface area (TPSA) is 91.3 Å². The Morgan fingerprint density at radius 2 is 2.15 bits per heavy atom. The first-order chi connectivity index (χ1) is 9.45. The first-order valence-electron chi connectivity index (χ1n) is 5.80. The summed E-state index contributed by atoms with van der Waals surface area (Å²) in [6, 6.07) is 7.74. The molecule has 7 heteroatoms. The maximum absolute atomic E-state index is 10.8. The van der Waals surface area contributed by atoms with Crippen LogP contribution in [0.1, 0.15) is 18.5 Å². The summed E-state index contributed by atoms with van der Waals surface area (Å²) in [6.45, 7) is 1.86. The summed E-state index contributed by atoms with van der Waals surface area (Å²) >= 11 is 3.20. The largest absolute Gasteiger partial charge is 0.439 e. The van der Waals surface area contributed by atoms with Crippen LogP contribution in [0.4, 0.5) is 5.69 Å². The number of aromatic nitrogens is 1. The number of ether oxygens (including phenoxy) is 1. The van der Waals surface area contributed by atoms with Crippen molar-refractivity contribution in [3.8, 4) is 11.6 Å².